The van der Waals surface area contributed by atoms with Crippen molar-refractivity contribution in [3.63, 3.8) is 0 Å². The van der Waals surface area contributed by atoms with Crippen molar-refractivity contribution in [2.75, 3.05) is 0 Å². The third-order valence-corrected chi connectivity index (χ3v) is 13.9. The first-order chi connectivity index (χ1) is 24.2. The number of nitrogens with zero attached hydrogens (tertiary/aromatic N) is 1. The summed E-state index contributed by atoms with van der Waals surface area (Å²) in [7, 11) is 0. The fourth-order valence-corrected chi connectivity index (χ4v) is 9.35. The number of aliphatic hydroxyl groups is 1. The van der Waals surface area contributed by atoms with Crippen LogP contribution in [0, 0.1) is 23.8 Å². The number of aryl methyl sites for hydroxylation is 2. The van der Waals surface area contributed by atoms with Gasteiger partial charge >= 0.3 is 0 Å². The summed E-state index contributed by atoms with van der Waals surface area (Å²) in [5.74, 6) is 0.286. The number of rotatable bonds is 10. The summed E-state index contributed by atoms with van der Waals surface area (Å²) in [5, 5.41) is 16.6. The van der Waals surface area contributed by atoms with Crippen LogP contribution in [0.3, 0.4) is 0 Å². The van der Waals surface area contributed by atoms with Gasteiger partial charge < -0.3 is 5.11 Å². The number of allylic oxidation sites excluding steroid dienone is 2. The van der Waals surface area contributed by atoms with Crippen molar-refractivity contribution >= 4 is 69.5 Å². The number of thiophene rings is 2. The third-order valence-electron chi connectivity index (χ3n) is 11.5. The minimum atomic E-state index is -0.337. The van der Waals surface area contributed by atoms with E-state index >= 15 is 0 Å². The van der Waals surface area contributed by atoms with Crippen molar-refractivity contribution in [1.82, 2.24) is 4.98 Å². The molecule has 6 heteroatoms. The fraction of sp³-hybridized carbons (Fsp3) is 0.435. The maximum absolute atomic E-state index is 12.2. The van der Waals surface area contributed by atoms with Crippen LogP contribution < -0.4 is 0 Å². The summed E-state index contributed by atoms with van der Waals surface area (Å²) in [6, 6.07) is 21.5. The Morgan fingerprint density at radius 1 is 0.808 bits per heavy atom. The van der Waals surface area contributed by atoms with E-state index in [-0.39, 0.29) is 47.9 Å². The van der Waals surface area contributed by atoms with Crippen LogP contribution in [0.25, 0.3) is 52.3 Å². The van der Waals surface area contributed by atoms with Gasteiger partial charge in [0.15, 0.2) is 5.78 Å². The Labute approximate surface area is 333 Å². The van der Waals surface area contributed by atoms with Crippen LogP contribution in [0.4, 0.5) is 0 Å². The Kier molecular flexibility index (Phi) is 13.4. The van der Waals surface area contributed by atoms with Crippen LogP contribution in [0.2, 0.25) is 0 Å². The summed E-state index contributed by atoms with van der Waals surface area (Å²) < 4.78 is 4.03. The van der Waals surface area contributed by atoms with Gasteiger partial charge in [-0.2, -0.15) is 0 Å². The summed E-state index contributed by atoms with van der Waals surface area (Å²) in [6.45, 7) is 23.5. The second-order valence-electron chi connectivity index (χ2n) is 15.7. The first-order valence-corrected chi connectivity index (χ1v) is 20.4. The molecular formula is C46H56IrNO2S2-. The Morgan fingerprint density at radius 3 is 2.00 bits per heavy atom. The molecule has 0 aliphatic carbocycles. The van der Waals surface area contributed by atoms with Gasteiger partial charge in [0.05, 0.1) is 0 Å². The van der Waals surface area contributed by atoms with Gasteiger partial charge in [-0.3, -0.25) is 9.78 Å². The Balaban J connectivity index is 0.000000289. The quantitative estimate of drug-likeness (QED) is 0.0846. The van der Waals surface area contributed by atoms with Gasteiger partial charge in [0.2, 0.25) is 0 Å². The number of benzene rings is 3. The molecule has 279 valence electrons. The number of ketones is 1. The van der Waals surface area contributed by atoms with E-state index in [1.54, 1.807) is 0 Å². The van der Waals surface area contributed by atoms with E-state index < -0.39 is 0 Å². The van der Waals surface area contributed by atoms with E-state index in [1.807, 2.05) is 70.4 Å². The zero-order valence-electron chi connectivity index (χ0n) is 33.0. The smallest absolute Gasteiger partial charge is 0.164 e. The van der Waals surface area contributed by atoms with Gasteiger partial charge in [0.1, 0.15) is 5.76 Å². The summed E-state index contributed by atoms with van der Waals surface area (Å²) >= 11 is 3.84. The molecule has 1 N–H and O–H groups in total. The predicted molar refractivity (Wildman–Crippen MR) is 225 cm³/mol. The van der Waals surface area contributed by atoms with Crippen molar-refractivity contribution in [2.24, 2.45) is 10.8 Å². The Bertz CT molecular complexity index is 2220. The molecule has 0 saturated heterocycles. The number of aliphatic hydroxyl groups excluding tert-OH is 1. The predicted octanol–water partition coefficient (Wildman–Crippen LogP) is 14.5. The zero-order valence-corrected chi connectivity index (χ0v) is 37.0. The molecule has 3 heterocycles. The average Bonchev–Trinajstić information content (AvgIpc) is 3.66. The van der Waals surface area contributed by atoms with Gasteiger partial charge in [-0.25, -0.2) is 0 Å². The second-order valence-corrected chi connectivity index (χ2v) is 17.9. The molecule has 0 atom stereocenters. The summed E-state index contributed by atoms with van der Waals surface area (Å²) in [6.07, 6.45) is 9.04. The van der Waals surface area contributed by atoms with Crippen LogP contribution in [0.5, 0.6) is 0 Å². The van der Waals surface area contributed by atoms with E-state index in [0.717, 1.165) is 48.7 Å². The minimum absolute atomic E-state index is 0. The van der Waals surface area contributed by atoms with E-state index in [0.29, 0.717) is 0 Å². The van der Waals surface area contributed by atoms with Gasteiger partial charge in [0, 0.05) is 78.7 Å². The van der Waals surface area contributed by atoms with Gasteiger partial charge in [0.25, 0.3) is 0 Å². The number of fused-ring (bicyclic) bond motifs is 6. The molecule has 0 fully saturated rings. The third kappa shape index (κ3) is 7.97. The fourth-order valence-electron chi connectivity index (χ4n) is 6.92. The number of hydrogen-bond donors (Lipinski definition) is 1. The van der Waals surface area contributed by atoms with Crippen molar-refractivity contribution in [2.45, 2.75) is 120 Å². The first kappa shape index (κ1) is 41.9. The molecule has 6 aromatic rings. The molecule has 3 aromatic carbocycles. The van der Waals surface area contributed by atoms with Crippen molar-refractivity contribution in [3.8, 4) is 11.3 Å². The molecule has 0 saturated carbocycles. The Morgan fingerprint density at radius 2 is 1.40 bits per heavy atom. The number of carbonyl (C=O) groups is 1. The van der Waals surface area contributed by atoms with E-state index in [4.69, 9.17) is 4.98 Å². The molecule has 0 amide bonds. The van der Waals surface area contributed by atoms with Crippen molar-refractivity contribution < 1.29 is 30.0 Å². The second kappa shape index (κ2) is 16.6. The molecule has 1 radical (unpaired) electrons. The first-order valence-electron chi connectivity index (χ1n) is 18.8. The number of hydrogen-bond acceptors (Lipinski definition) is 5. The minimum Gasteiger partial charge on any atom is -0.512 e. The van der Waals surface area contributed by atoms with Gasteiger partial charge in [-0.1, -0.05) is 105 Å². The van der Waals surface area contributed by atoms with Gasteiger partial charge in [-0.15, -0.1) is 51.8 Å². The van der Waals surface area contributed by atoms with Gasteiger partial charge in [-0.05, 0) is 73.6 Å². The molecule has 0 spiro atoms. The number of pyridine rings is 1. The maximum Gasteiger partial charge on any atom is 0.164 e. The molecule has 3 nitrogen and oxygen atoms in total. The average molecular weight is 911 g/mol. The van der Waals surface area contributed by atoms with E-state index in [2.05, 4.69) is 89.2 Å². The van der Waals surface area contributed by atoms with E-state index in [1.165, 1.54) is 64.1 Å². The molecule has 0 bridgehead atoms. The maximum atomic E-state index is 12.2. The summed E-state index contributed by atoms with van der Waals surface area (Å²) in [5.41, 5.74) is 4.36. The zero-order chi connectivity index (χ0) is 37.3. The van der Waals surface area contributed by atoms with Crippen LogP contribution >= 0.6 is 22.7 Å². The van der Waals surface area contributed by atoms with Crippen LogP contribution in [-0.2, 0) is 36.7 Å². The Hall–Kier alpha value is -2.89. The molecule has 0 aliphatic rings. The standard InChI is InChI=1S/C31H28NS2.C15H28O2.Ir/c1-6-9-23-18(2)27-24(33-23)12-13-25-28(27)29-26(34-25)14-15-32-30(29)20-16-19-10-7-8-11-21(19)22(17-20)31(3,4)5;1-7-14(5,8-2)12(16)11-13(17)15(6,9-3)10-4;/h7-8,10-15,17H,6,9H2,1-5H3;11,16H,7-10H2,1-6H3;/q-1;;/b;12-11-;. The molecule has 3 aromatic heterocycles. The SMILES string of the molecule is CCC(C)(CC)C(=O)/C=C(\O)C(C)(CC)CC.CCCc1sc2ccc3sc4ccnc(-c5[c-]c6ccccc6c(C(C)(C)C)c5)c4c3c2c1C.[Ir]. The van der Waals surface area contributed by atoms with Crippen LogP contribution in [0.1, 0.15) is 117 Å². The topological polar surface area (TPSA) is 50.2 Å². The van der Waals surface area contributed by atoms with Crippen LogP contribution in [-0.4, -0.2) is 15.9 Å². The molecular weight excluding hydrogens is 855 g/mol. The van der Waals surface area contributed by atoms with Crippen LogP contribution in [0.15, 0.2) is 66.6 Å². The molecule has 0 aliphatic heterocycles. The molecule has 0 unspecified atom stereocenters. The van der Waals surface area contributed by atoms with Crippen molar-refractivity contribution in [1.29, 1.82) is 0 Å². The monoisotopic (exact) mass is 911 g/mol. The molecule has 52 heavy (non-hydrogen) atoms. The molecule has 6 rings (SSSR count). The largest absolute Gasteiger partial charge is 0.512 e. The van der Waals surface area contributed by atoms with Crippen molar-refractivity contribution in [3.05, 3.63) is 88.6 Å². The van der Waals surface area contributed by atoms with E-state index in [9.17, 15) is 9.90 Å². The number of aromatic nitrogens is 1. The summed E-state index contributed by atoms with van der Waals surface area (Å²) in [4.78, 5) is 18.7. The normalized spacial score (nSPS) is 12.7. The number of carbonyl (C=O) groups excluding carboxylic acids is 1.